The van der Waals surface area contributed by atoms with Gasteiger partial charge in [0.05, 0.1) is 11.1 Å². The Morgan fingerprint density at radius 2 is 1.36 bits per heavy atom. The van der Waals surface area contributed by atoms with Gasteiger partial charge in [0.15, 0.2) is 0 Å². The molecule has 0 unspecified atom stereocenters. The van der Waals surface area contributed by atoms with Crippen molar-refractivity contribution in [2.45, 2.75) is 0 Å². The summed E-state index contributed by atoms with van der Waals surface area (Å²) >= 11 is 0. The van der Waals surface area contributed by atoms with Crippen molar-refractivity contribution < 1.29 is 39.3 Å². The van der Waals surface area contributed by atoms with Gasteiger partial charge in [0.1, 0.15) is 0 Å². The van der Waals surface area contributed by atoms with Crippen molar-refractivity contribution in [3.63, 3.8) is 0 Å². The van der Waals surface area contributed by atoms with E-state index in [1.165, 1.54) is 12.1 Å². The molecular formula is C8H7NO4Zn. The van der Waals surface area contributed by atoms with Crippen LogP contribution in [0.4, 0.5) is 5.69 Å². The van der Waals surface area contributed by atoms with Gasteiger partial charge < -0.3 is 15.9 Å². The maximum Gasteiger partial charge on any atom is 0.335 e. The second-order valence-corrected chi connectivity index (χ2v) is 2.45. The van der Waals surface area contributed by atoms with Crippen molar-refractivity contribution in [3.05, 3.63) is 29.3 Å². The third-order valence-electron chi connectivity index (χ3n) is 1.45. The molecular weight excluding hydrogens is 239 g/mol. The maximum absolute atomic E-state index is 10.5. The van der Waals surface area contributed by atoms with Gasteiger partial charge >= 0.3 is 11.9 Å². The van der Waals surface area contributed by atoms with Crippen LogP contribution in [0.1, 0.15) is 20.7 Å². The van der Waals surface area contributed by atoms with Gasteiger partial charge in [-0.3, -0.25) is 0 Å². The van der Waals surface area contributed by atoms with Crippen LogP contribution in [0, 0.1) is 0 Å². The zero-order valence-corrected chi connectivity index (χ0v) is 10.2. The topological polar surface area (TPSA) is 101 Å². The minimum Gasteiger partial charge on any atom is -0.478 e. The summed E-state index contributed by atoms with van der Waals surface area (Å²) in [6.45, 7) is 0. The molecule has 0 aliphatic rings. The molecule has 0 spiro atoms. The molecule has 6 heteroatoms. The number of carboxylic acids is 2. The minimum absolute atomic E-state index is 0. The molecule has 0 saturated heterocycles. The van der Waals surface area contributed by atoms with E-state index < -0.39 is 11.9 Å². The van der Waals surface area contributed by atoms with E-state index in [0.29, 0.717) is 0 Å². The monoisotopic (exact) mass is 245 g/mol. The van der Waals surface area contributed by atoms with E-state index in [4.69, 9.17) is 15.9 Å². The summed E-state index contributed by atoms with van der Waals surface area (Å²) in [5.41, 5.74) is 5.18. The number of hydrogen-bond donors (Lipinski definition) is 3. The average molecular weight is 247 g/mol. The fourth-order valence-corrected chi connectivity index (χ4v) is 0.899. The summed E-state index contributed by atoms with van der Waals surface area (Å²) in [5, 5.41) is 17.1. The molecule has 14 heavy (non-hydrogen) atoms. The molecule has 0 aromatic heterocycles. The zero-order valence-electron chi connectivity index (χ0n) is 7.23. The molecule has 0 aliphatic heterocycles. The second-order valence-electron chi connectivity index (χ2n) is 2.45. The van der Waals surface area contributed by atoms with Gasteiger partial charge in [-0.05, 0) is 18.2 Å². The van der Waals surface area contributed by atoms with E-state index in [-0.39, 0.29) is 36.3 Å². The smallest absolute Gasteiger partial charge is 0.335 e. The summed E-state index contributed by atoms with van der Waals surface area (Å²) in [6.07, 6.45) is 0. The molecule has 0 amide bonds. The van der Waals surface area contributed by atoms with Gasteiger partial charge in [0.25, 0.3) is 0 Å². The van der Waals surface area contributed by atoms with E-state index in [2.05, 4.69) is 0 Å². The van der Waals surface area contributed by atoms with Gasteiger partial charge in [-0.15, -0.1) is 0 Å². The number of anilines is 1. The van der Waals surface area contributed by atoms with Crippen molar-refractivity contribution in [2.24, 2.45) is 0 Å². The molecule has 0 fully saturated rings. The molecule has 0 aliphatic carbocycles. The van der Waals surface area contributed by atoms with E-state index in [1.807, 2.05) is 0 Å². The molecule has 0 saturated carbocycles. The largest absolute Gasteiger partial charge is 0.478 e. The van der Waals surface area contributed by atoms with Crippen LogP contribution in [-0.4, -0.2) is 22.2 Å². The van der Waals surface area contributed by atoms with E-state index in [1.54, 1.807) is 0 Å². The number of carboxylic acid groups (broad SMARTS) is 2. The predicted octanol–water partition coefficient (Wildman–Crippen LogP) is 0.663. The number of nitrogen functional groups attached to an aromatic ring is 1. The summed E-state index contributed by atoms with van der Waals surface area (Å²) in [6, 6.07) is 3.46. The fourth-order valence-electron chi connectivity index (χ4n) is 0.899. The van der Waals surface area contributed by atoms with Gasteiger partial charge in [-0.2, -0.15) is 0 Å². The molecule has 70 valence electrons. The van der Waals surface area contributed by atoms with Crippen molar-refractivity contribution in [1.82, 2.24) is 0 Å². The van der Waals surface area contributed by atoms with Crippen LogP contribution in [-0.2, 0) is 19.5 Å². The summed E-state index contributed by atoms with van der Waals surface area (Å²) in [4.78, 5) is 21.0. The third-order valence-corrected chi connectivity index (χ3v) is 1.45. The molecule has 5 nitrogen and oxygen atoms in total. The Morgan fingerprint density at radius 1 is 1.00 bits per heavy atom. The number of nitrogens with two attached hydrogens (primary N) is 1. The standard InChI is InChI=1S/C8H7NO4.Zn/c9-6-2-4(7(10)11)1-5(3-6)8(12)13;/h1-3H,9H2,(H,10,11)(H,12,13);. The molecule has 1 rings (SSSR count). The minimum atomic E-state index is -1.20. The molecule has 0 heterocycles. The second kappa shape index (κ2) is 4.72. The predicted molar refractivity (Wildman–Crippen MR) is 44.8 cm³/mol. The molecule has 4 N–H and O–H groups in total. The summed E-state index contributed by atoms with van der Waals surface area (Å²) in [7, 11) is 0. The number of rotatable bonds is 2. The van der Waals surface area contributed by atoms with E-state index in [9.17, 15) is 9.59 Å². The Morgan fingerprint density at radius 3 is 1.64 bits per heavy atom. The van der Waals surface area contributed by atoms with Crippen molar-refractivity contribution in [2.75, 3.05) is 5.73 Å². The van der Waals surface area contributed by atoms with Crippen LogP contribution in [0.3, 0.4) is 0 Å². The van der Waals surface area contributed by atoms with Crippen LogP contribution in [0.2, 0.25) is 0 Å². The van der Waals surface area contributed by atoms with E-state index >= 15 is 0 Å². The van der Waals surface area contributed by atoms with E-state index in [0.717, 1.165) is 6.07 Å². The number of hydrogen-bond acceptors (Lipinski definition) is 3. The number of aromatic carboxylic acids is 2. The summed E-state index contributed by atoms with van der Waals surface area (Å²) in [5.74, 6) is -2.40. The first-order chi connectivity index (χ1) is 6.00. The van der Waals surface area contributed by atoms with Crippen LogP contribution in [0.15, 0.2) is 18.2 Å². The molecule has 1 aromatic rings. The normalized spacial score (nSPS) is 8.86. The quantitative estimate of drug-likeness (QED) is 0.526. The maximum atomic E-state index is 10.5. The molecule has 0 atom stereocenters. The molecule has 1 aromatic carbocycles. The van der Waals surface area contributed by atoms with Gasteiger partial charge in [-0.25, -0.2) is 9.59 Å². The third kappa shape index (κ3) is 2.81. The first-order valence-corrected chi connectivity index (χ1v) is 3.38. The van der Waals surface area contributed by atoms with Crippen LogP contribution < -0.4 is 5.73 Å². The SMILES string of the molecule is Nc1cc(C(=O)O)cc(C(=O)O)c1.[Zn]. The van der Waals surface area contributed by atoms with Crippen LogP contribution in [0.25, 0.3) is 0 Å². The fraction of sp³-hybridized carbons (Fsp3) is 0. The van der Waals surface area contributed by atoms with Gasteiger partial charge in [0.2, 0.25) is 0 Å². The molecule has 0 bridgehead atoms. The van der Waals surface area contributed by atoms with Gasteiger partial charge in [0, 0.05) is 25.2 Å². The number of carbonyl (C=O) groups is 2. The summed E-state index contributed by atoms with van der Waals surface area (Å²) < 4.78 is 0. The molecule has 0 radical (unpaired) electrons. The average Bonchev–Trinajstić information content (AvgIpc) is 2.03. The van der Waals surface area contributed by atoms with Crippen molar-refractivity contribution in [1.29, 1.82) is 0 Å². The first-order valence-electron chi connectivity index (χ1n) is 3.38. The Balaban J connectivity index is 0.00000169. The first kappa shape index (κ1) is 12.6. The van der Waals surface area contributed by atoms with Crippen LogP contribution in [0.5, 0.6) is 0 Å². The van der Waals surface area contributed by atoms with Crippen molar-refractivity contribution >= 4 is 17.6 Å². The Kier molecular flexibility index (Phi) is 4.24. The Bertz CT molecular complexity index is 345. The van der Waals surface area contributed by atoms with Crippen LogP contribution >= 0.6 is 0 Å². The van der Waals surface area contributed by atoms with Gasteiger partial charge in [-0.1, -0.05) is 0 Å². The number of benzene rings is 1. The van der Waals surface area contributed by atoms with Crippen molar-refractivity contribution in [3.8, 4) is 0 Å². The zero-order chi connectivity index (χ0) is 10.0. The Labute approximate surface area is 92.3 Å². The Hall–Kier alpha value is -1.42.